The van der Waals surface area contributed by atoms with Gasteiger partial charge in [-0.1, -0.05) is 36.4 Å². The van der Waals surface area contributed by atoms with Crippen LogP contribution >= 0.6 is 0 Å². The normalized spacial score (nSPS) is 27.0. The number of fused-ring (bicyclic) bond motifs is 1. The first-order chi connectivity index (χ1) is 15.2. The van der Waals surface area contributed by atoms with Gasteiger partial charge >= 0.3 is 6.03 Å². The highest BCUT2D eigenvalue weighted by atomic mass is 32.2. The molecule has 8 nitrogen and oxygen atoms in total. The van der Waals surface area contributed by atoms with Crippen LogP contribution < -0.4 is 5.32 Å². The van der Waals surface area contributed by atoms with Crippen LogP contribution in [0.2, 0.25) is 0 Å². The number of amides is 4. The predicted molar refractivity (Wildman–Crippen MR) is 118 cm³/mol. The monoisotopic (exact) mass is 455 g/mol. The molecule has 2 aromatic carbocycles. The molecule has 4 amide bonds. The Morgan fingerprint density at radius 1 is 1.09 bits per heavy atom. The fourth-order valence-electron chi connectivity index (χ4n) is 4.81. The number of sulfone groups is 1. The fourth-order valence-corrected chi connectivity index (χ4v) is 6.52. The van der Waals surface area contributed by atoms with Crippen LogP contribution in [0.5, 0.6) is 0 Å². The number of urea groups is 1. The summed E-state index contributed by atoms with van der Waals surface area (Å²) in [6.45, 7) is 1.25. The Morgan fingerprint density at radius 2 is 1.81 bits per heavy atom. The first kappa shape index (κ1) is 20.9. The van der Waals surface area contributed by atoms with Gasteiger partial charge in [0.15, 0.2) is 9.84 Å². The average Bonchev–Trinajstić information content (AvgIpc) is 3.48. The number of carbonyl (C=O) groups excluding carboxylic acids is 3. The summed E-state index contributed by atoms with van der Waals surface area (Å²) in [5.41, 5.74) is -0.631. The Bertz CT molecular complexity index is 1240. The maximum atomic E-state index is 13.3. The molecule has 2 aliphatic heterocycles. The van der Waals surface area contributed by atoms with Crippen molar-refractivity contribution in [1.82, 2.24) is 15.1 Å². The minimum Gasteiger partial charge on any atom is -0.334 e. The van der Waals surface area contributed by atoms with E-state index in [0.717, 1.165) is 28.5 Å². The van der Waals surface area contributed by atoms with Gasteiger partial charge in [-0.25, -0.2) is 13.2 Å². The first-order valence-corrected chi connectivity index (χ1v) is 12.6. The molecule has 1 saturated carbocycles. The topological polar surface area (TPSA) is 104 Å². The largest absolute Gasteiger partial charge is 0.334 e. The summed E-state index contributed by atoms with van der Waals surface area (Å²) in [5.74, 6) is -0.844. The number of hydrogen-bond acceptors (Lipinski definition) is 5. The number of rotatable bonds is 5. The summed E-state index contributed by atoms with van der Waals surface area (Å²) in [7, 11) is -3.15. The lowest BCUT2D eigenvalue weighted by molar-refractivity contribution is -0.140. The van der Waals surface area contributed by atoms with E-state index in [1.807, 2.05) is 42.5 Å². The minimum absolute atomic E-state index is 0.00608. The highest BCUT2D eigenvalue weighted by Crippen LogP contribution is 2.34. The van der Waals surface area contributed by atoms with Crippen molar-refractivity contribution in [2.24, 2.45) is 0 Å². The summed E-state index contributed by atoms with van der Waals surface area (Å²) < 4.78 is 23.9. The molecular weight excluding hydrogens is 430 g/mol. The van der Waals surface area contributed by atoms with Crippen molar-refractivity contribution in [2.75, 3.05) is 18.1 Å². The Labute approximate surface area is 186 Å². The Morgan fingerprint density at radius 3 is 2.47 bits per heavy atom. The van der Waals surface area contributed by atoms with E-state index < -0.39 is 27.3 Å². The van der Waals surface area contributed by atoms with Crippen LogP contribution in [-0.2, 0) is 25.0 Å². The summed E-state index contributed by atoms with van der Waals surface area (Å²) in [5, 5.41) is 4.73. The van der Waals surface area contributed by atoms with Crippen molar-refractivity contribution in [3.63, 3.8) is 0 Å². The number of imide groups is 1. The van der Waals surface area contributed by atoms with Crippen LogP contribution in [0.3, 0.4) is 0 Å². The van der Waals surface area contributed by atoms with E-state index in [2.05, 4.69) is 5.32 Å². The van der Waals surface area contributed by atoms with Crippen LogP contribution in [0.25, 0.3) is 10.8 Å². The molecule has 1 aliphatic carbocycles. The van der Waals surface area contributed by atoms with Crippen molar-refractivity contribution in [2.45, 2.75) is 43.8 Å². The lowest BCUT2D eigenvalue weighted by Gasteiger charge is -2.30. The Hall–Kier alpha value is -2.94. The van der Waals surface area contributed by atoms with Crippen LogP contribution in [0, 0.1) is 0 Å². The van der Waals surface area contributed by atoms with Crippen LogP contribution in [0.15, 0.2) is 42.5 Å². The predicted octanol–water partition coefficient (Wildman–Crippen LogP) is 1.78. The highest BCUT2D eigenvalue weighted by molar-refractivity contribution is 7.91. The SMILES string of the molecule is C[C@]1(c2ccc3ccccc3c2)NC(=O)N(CC(=O)N(C2CC2)[C@H]2CCS(=O)(=O)C2)C1=O. The number of carbonyl (C=O) groups is 3. The molecule has 168 valence electrons. The van der Waals surface area contributed by atoms with Gasteiger partial charge in [-0.05, 0) is 48.6 Å². The van der Waals surface area contributed by atoms with E-state index >= 15 is 0 Å². The van der Waals surface area contributed by atoms with Crippen LogP contribution in [-0.4, -0.2) is 66.2 Å². The van der Waals surface area contributed by atoms with Crippen molar-refractivity contribution in [1.29, 1.82) is 0 Å². The number of hydrogen-bond donors (Lipinski definition) is 1. The molecule has 32 heavy (non-hydrogen) atoms. The summed E-state index contributed by atoms with van der Waals surface area (Å²) in [6.07, 6.45) is 2.04. The molecule has 2 aromatic rings. The minimum atomic E-state index is -3.15. The van der Waals surface area contributed by atoms with E-state index in [1.165, 1.54) is 0 Å². The van der Waals surface area contributed by atoms with E-state index in [4.69, 9.17) is 0 Å². The molecule has 3 aliphatic rings. The van der Waals surface area contributed by atoms with E-state index in [9.17, 15) is 22.8 Å². The maximum absolute atomic E-state index is 13.3. The standard InChI is InChI=1S/C23H25N3O5S/c1-23(17-7-6-15-4-2-3-5-16(15)12-17)21(28)25(22(29)24-23)13-20(27)26(18-8-9-18)19-10-11-32(30,31)14-19/h2-7,12,18-19H,8-11,13-14H2,1H3,(H,24,29)/t19-,23+/m0/s1. The van der Waals surface area contributed by atoms with Crippen molar-refractivity contribution >= 4 is 38.5 Å². The summed E-state index contributed by atoms with van der Waals surface area (Å²) in [4.78, 5) is 41.8. The molecule has 0 unspecified atom stereocenters. The third-order valence-corrected chi connectivity index (χ3v) is 8.48. The first-order valence-electron chi connectivity index (χ1n) is 10.8. The second-order valence-electron chi connectivity index (χ2n) is 9.10. The van der Waals surface area contributed by atoms with E-state index in [0.29, 0.717) is 12.0 Å². The molecule has 5 rings (SSSR count). The van der Waals surface area contributed by atoms with Gasteiger partial charge < -0.3 is 10.2 Å². The molecule has 9 heteroatoms. The Balaban J connectivity index is 1.38. The van der Waals surface area contributed by atoms with Gasteiger partial charge in [0.2, 0.25) is 5.91 Å². The number of nitrogens with one attached hydrogen (secondary N) is 1. The average molecular weight is 456 g/mol. The summed E-state index contributed by atoms with van der Waals surface area (Å²) >= 11 is 0. The maximum Gasteiger partial charge on any atom is 0.325 e. The number of benzene rings is 2. The zero-order chi connectivity index (χ0) is 22.7. The second-order valence-corrected chi connectivity index (χ2v) is 11.3. The van der Waals surface area contributed by atoms with Crippen molar-refractivity contribution in [3.8, 4) is 0 Å². The van der Waals surface area contributed by atoms with E-state index in [1.54, 1.807) is 11.8 Å². The molecule has 0 aromatic heterocycles. The van der Waals surface area contributed by atoms with Crippen LogP contribution in [0.4, 0.5) is 4.79 Å². The second kappa shape index (κ2) is 7.30. The molecule has 2 heterocycles. The van der Waals surface area contributed by atoms with Gasteiger partial charge in [-0.15, -0.1) is 0 Å². The van der Waals surface area contributed by atoms with Gasteiger partial charge in [0, 0.05) is 12.1 Å². The quantitative estimate of drug-likeness (QED) is 0.693. The van der Waals surface area contributed by atoms with E-state index in [-0.39, 0.29) is 36.0 Å². The molecule has 0 spiro atoms. The molecule has 2 atom stereocenters. The highest BCUT2D eigenvalue weighted by Gasteiger charge is 2.51. The molecule has 0 radical (unpaired) electrons. The number of nitrogens with zero attached hydrogens (tertiary/aromatic N) is 2. The Kier molecular flexibility index (Phi) is 4.77. The van der Waals surface area contributed by atoms with Gasteiger partial charge in [0.25, 0.3) is 5.91 Å². The fraction of sp³-hybridized carbons (Fsp3) is 0.435. The zero-order valence-corrected chi connectivity index (χ0v) is 18.6. The van der Waals surface area contributed by atoms with Gasteiger partial charge in [0.05, 0.1) is 11.5 Å². The third-order valence-electron chi connectivity index (χ3n) is 6.73. The molecule has 1 N–H and O–H groups in total. The zero-order valence-electron chi connectivity index (χ0n) is 17.8. The molecule has 2 saturated heterocycles. The van der Waals surface area contributed by atoms with Crippen molar-refractivity contribution in [3.05, 3.63) is 48.0 Å². The molecule has 0 bridgehead atoms. The third kappa shape index (κ3) is 3.54. The van der Waals surface area contributed by atoms with Gasteiger partial charge in [-0.3, -0.25) is 14.5 Å². The smallest absolute Gasteiger partial charge is 0.325 e. The van der Waals surface area contributed by atoms with Crippen LogP contribution in [0.1, 0.15) is 31.7 Å². The lowest BCUT2D eigenvalue weighted by atomic mass is 9.90. The summed E-state index contributed by atoms with van der Waals surface area (Å²) in [6, 6.07) is 12.3. The van der Waals surface area contributed by atoms with Gasteiger partial charge in [0.1, 0.15) is 12.1 Å². The molecular formula is C23H25N3O5S. The van der Waals surface area contributed by atoms with Gasteiger partial charge in [-0.2, -0.15) is 0 Å². The lowest BCUT2D eigenvalue weighted by Crippen LogP contribution is -2.49. The molecule has 3 fully saturated rings. The van der Waals surface area contributed by atoms with Crippen molar-refractivity contribution < 1.29 is 22.8 Å².